The van der Waals surface area contributed by atoms with Gasteiger partial charge in [0.05, 0.1) is 6.54 Å². The summed E-state index contributed by atoms with van der Waals surface area (Å²) in [7, 11) is 1.84. The number of hydrogen-bond donors (Lipinski definition) is 2. The minimum absolute atomic E-state index is 0.231. The number of aliphatic imine (C=N–C) groups is 1. The van der Waals surface area contributed by atoms with E-state index in [0.717, 1.165) is 45.1 Å². The van der Waals surface area contributed by atoms with Gasteiger partial charge in [-0.05, 0) is 50.2 Å². The van der Waals surface area contributed by atoms with Crippen molar-refractivity contribution in [2.45, 2.75) is 37.8 Å². The van der Waals surface area contributed by atoms with E-state index in [1.165, 1.54) is 30.8 Å². The molecule has 0 atom stereocenters. The maximum atomic E-state index is 5.61. The molecule has 2 aliphatic heterocycles. The first kappa shape index (κ1) is 16.7. The Balaban J connectivity index is 1.56. The van der Waals surface area contributed by atoms with Crippen LogP contribution in [0, 0.1) is 0 Å². The lowest BCUT2D eigenvalue weighted by molar-refractivity contribution is -0.0164. The molecular weight excluding hydrogens is 308 g/mol. The van der Waals surface area contributed by atoms with Crippen LogP contribution in [0.15, 0.2) is 22.5 Å². The molecule has 128 valence electrons. The van der Waals surface area contributed by atoms with E-state index < -0.39 is 0 Å². The molecule has 0 unspecified atom stereocenters. The van der Waals surface area contributed by atoms with E-state index in [-0.39, 0.29) is 5.54 Å². The van der Waals surface area contributed by atoms with Gasteiger partial charge in [0.1, 0.15) is 0 Å². The maximum absolute atomic E-state index is 5.61. The molecule has 3 rings (SSSR count). The first-order valence-corrected chi connectivity index (χ1v) is 9.50. The van der Waals surface area contributed by atoms with Gasteiger partial charge in [0.25, 0.3) is 0 Å². The highest BCUT2D eigenvalue weighted by atomic mass is 32.1. The summed E-state index contributed by atoms with van der Waals surface area (Å²) in [6.45, 7) is 5.97. The van der Waals surface area contributed by atoms with E-state index >= 15 is 0 Å². The van der Waals surface area contributed by atoms with Crippen LogP contribution in [-0.4, -0.2) is 56.3 Å². The van der Waals surface area contributed by atoms with Crippen molar-refractivity contribution in [2.75, 3.05) is 39.9 Å². The second-order valence-electron chi connectivity index (χ2n) is 6.39. The summed E-state index contributed by atoms with van der Waals surface area (Å²) in [4.78, 5) is 8.38. The zero-order chi connectivity index (χ0) is 16.0. The minimum atomic E-state index is 0.231. The summed E-state index contributed by atoms with van der Waals surface area (Å²) in [6.07, 6.45) is 4.88. The molecule has 5 nitrogen and oxygen atoms in total. The standard InChI is InChI=1S/C17H28N4OS/c1-18-16(19-13-15-5-4-12-23-15)20-14-17(6-10-22-11-7-17)21-8-2-3-9-21/h4-5,12H,2-3,6-11,13-14H2,1H3,(H2,18,19,20). The van der Waals surface area contributed by atoms with Crippen LogP contribution in [0.1, 0.15) is 30.6 Å². The Bertz CT molecular complexity index is 491. The number of ether oxygens (including phenoxy) is 1. The lowest BCUT2D eigenvalue weighted by atomic mass is 9.88. The highest BCUT2D eigenvalue weighted by Gasteiger charge is 2.39. The Labute approximate surface area is 143 Å². The quantitative estimate of drug-likeness (QED) is 0.638. The summed E-state index contributed by atoms with van der Waals surface area (Å²) in [6, 6.07) is 4.23. The van der Waals surface area contributed by atoms with Gasteiger partial charge < -0.3 is 15.4 Å². The Hall–Kier alpha value is -1.11. The van der Waals surface area contributed by atoms with Gasteiger partial charge in [-0.15, -0.1) is 11.3 Å². The summed E-state index contributed by atoms with van der Waals surface area (Å²) in [5, 5.41) is 9.09. The second kappa shape index (κ2) is 8.13. The molecule has 2 fully saturated rings. The van der Waals surface area contributed by atoms with Crippen molar-refractivity contribution in [3.05, 3.63) is 22.4 Å². The van der Waals surface area contributed by atoms with E-state index in [2.05, 4.69) is 38.0 Å². The topological polar surface area (TPSA) is 48.9 Å². The van der Waals surface area contributed by atoms with E-state index in [0.29, 0.717) is 0 Å². The smallest absolute Gasteiger partial charge is 0.191 e. The van der Waals surface area contributed by atoms with Crippen molar-refractivity contribution in [2.24, 2.45) is 4.99 Å². The zero-order valence-electron chi connectivity index (χ0n) is 14.0. The third kappa shape index (κ3) is 4.25. The third-order valence-electron chi connectivity index (χ3n) is 5.02. The molecule has 23 heavy (non-hydrogen) atoms. The maximum Gasteiger partial charge on any atom is 0.191 e. The summed E-state index contributed by atoms with van der Waals surface area (Å²) >= 11 is 1.77. The molecule has 1 aromatic rings. The molecule has 0 amide bonds. The zero-order valence-corrected chi connectivity index (χ0v) is 14.8. The molecule has 0 aliphatic carbocycles. The van der Waals surface area contributed by atoms with Crippen molar-refractivity contribution < 1.29 is 4.74 Å². The fourth-order valence-electron chi connectivity index (χ4n) is 3.60. The molecule has 2 aliphatic rings. The Morgan fingerprint density at radius 2 is 2.09 bits per heavy atom. The second-order valence-corrected chi connectivity index (χ2v) is 7.42. The van der Waals surface area contributed by atoms with Gasteiger partial charge >= 0.3 is 0 Å². The lowest BCUT2D eigenvalue weighted by Crippen LogP contribution is -2.58. The van der Waals surface area contributed by atoms with Crippen LogP contribution < -0.4 is 10.6 Å². The molecule has 0 bridgehead atoms. The fourth-order valence-corrected chi connectivity index (χ4v) is 4.25. The number of guanidine groups is 1. The number of nitrogens with zero attached hydrogens (tertiary/aromatic N) is 2. The van der Waals surface area contributed by atoms with Gasteiger partial charge in [0.15, 0.2) is 5.96 Å². The van der Waals surface area contributed by atoms with Crippen LogP contribution in [0.4, 0.5) is 0 Å². The van der Waals surface area contributed by atoms with Gasteiger partial charge in [-0.25, -0.2) is 0 Å². The van der Waals surface area contributed by atoms with Gasteiger partial charge in [0, 0.05) is 37.2 Å². The Kier molecular flexibility index (Phi) is 5.91. The Morgan fingerprint density at radius 3 is 2.74 bits per heavy atom. The molecule has 0 radical (unpaired) electrons. The van der Waals surface area contributed by atoms with Crippen molar-refractivity contribution >= 4 is 17.3 Å². The van der Waals surface area contributed by atoms with Crippen molar-refractivity contribution in [3.8, 4) is 0 Å². The van der Waals surface area contributed by atoms with Crippen LogP contribution in [0.5, 0.6) is 0 Å². The highest BCUT2D eigenvalue weighted by Crippen LogP contribution is 2.30. The summed E-state index contributed by atoms with van der Waals surface area (Å²) < 4.78 is 5.61. The molecule has 0 spiro atoms. The first-order valence-electron chi connectivity index (χ1n) is 8.62. The molecule has 2 saturated heterocycles. The van der Waals surface area contributed by atoms with Crippen LogP contribution in [0.3, 0.4) is 0 Å². The highest BCUT2D eigenvalue weighted by molar-refractivity contribution is 7.09. The molecule has 1 aromatic heterocycles. The SMILES string of the molecule is CN=C(NCc1cccs1)NCC1(N2CCCC2)CCOCC1. The number of thiophene rings is 1. The number of likely N-dealkylation sites (tertiary alicyclic amines) is 1. The van der Waals surface area contributed by atoms with Crippen LogP contribution >= 0.6 is 11.3 Å². The van der Waals surface area contributed by atoms with Crippen molar-refractivity contribution in [3.63, 3.8) is 0 Å². The predicted molar refractivity (Wildman–Crippen MR) is 96.1 cm³/mol. The average Bonchev–Trinajstić information content (AvgIpc) is 3.30. The van der Waals surface area contributed by atoms with Crippen LogP contribution in [-0.2, 0) is 11.3 Å². The predicted octanol–water partition coefficient (Wildman–Crippen LogP) is 2.06. The summed E-state index contributed by atoms with van der Waals surface area (Å²) in [5.41, 5.74) is 0.231. The van der Waals surface area contributed by atoms with Crippen molar-refractivity contribution in [1.29, 1.82) is 0 Å². The number of nitrogens with one attached hydrogen (secondary N) is 2. The van der Waals surface area contributed by atoms with Crippen LogP contribution in [0.2, 0.25) is 0 Å². The largest absolute Gasteiger partial charge is 0.381 e. The Morgan fingerprint density at radius 1 is 1.30 bits per heavy atom. The molecule has 3 heterocycles. The van der Waals surface area contributed by atoms with Gasteiger partial charge in [-0.3, -0.25) is 9.89 Å². The summed E-state index contributed by atoms with van der Waals surface area (Å²) in [5.74, 6) is 0.892. The molecule has 0 saturated carbocycles. The van der Waals surface area contributed by atoms with Crippen LogP contribution in [0.25, 0.3) is 0 Å². The average molecular weight is 337 g/mol. The number of rotatable bonds is 5. The first-order chi connectivity index (χ1) is 11.3. The fraction of sp³-hybridized carbons (Fsp3) is 0.706. The van der Waals surface area contributed by atoms with E-state index in [1.807, 2.05) is 7.05 Å². The van der Waals surface area contributed by atoms with E-state index in [1.54, 1.807) is 11.3 Å². The van der Waals surface area contributed by atoms with Gasteiger partial charge in [-0.2, -0.15) is 0 Å². The molecule has 6 heteroatoms. The monoisotopic (exact) mass is 336 g/mol. The lowest BCUT2D eigenvalue weighted by Gasteiger charge is -2.45. The van der Waals surface area contributed by atoms with Gasteiger partial charge in [0.2, 0.25) is 0 Å². The number of hydrogen-bond acceptors (Lipinski definition) is 4. The molecule has 2 N–H and O–H groups in total. The van der Waals surface area contributed by atoms with E-state index in [9.17, 15) is 0 Å². The minimum Gasteiger partial charge on any atom is -0.381 e. The molecule has 0 aromatic carbocycles. The normalized spacial score (nSPS) is 22.2. The van der Waals surface area contributed by atoms with Gasteiger partial charge in [-0.1, -0.05) is 6.07 Å². The third-order valence-corrected chi connectivity index (χ3v) is 5.90. The molecular formula is C17H28N4OS. The van der Waals surface area contributed by atoms with E-state index in [4.69, 9.17) is 4.74 Å². The van der Waals surface area contributed by atoms with Crippen molar-refractivity contribution in [1.82, 2.24) is 15.5 Å².